The standard InChI is InChI=1S/C13H26O4Si/c1-6-12(4)13(14)15-10-9-11-18(5,16-7-2)17-8-3/h6H,7-11H2,1-5H3. The Kier molecular flexibility index (Phi) is 8.96. The van der Waals surface area contributed by atoms with Crippen molar-refractivity contribution in [2.45, 2.75) is 46.7 Å². The van der Waals surface area contributed by atoms with Gasteiger partial charge in [0, 0.05) is 18.8 Å². The summed E-state index contributed by atoms with van der Waals surface area (Å²) in [5, 5.41) is 0. The van der Waals surface area contributed by atoms with Crippen molar-refractivity contribution in [1.29, 1.82) is 0 Å². The summed E-state index contributed by atoms with van der Waals surface area (Å²) in [5.41, 5.74) is 0.643. The molecule has 0 rings (SSSR count). The van der Waals surface area contributed by atoms with Gasteiger partial charge < -0.3 is 13.6 Å². The van der Waals surface area contributed by atoms with E-state index < -0.39 is 8.56 Å². The van der Waals surface area contributed by atoms with Crippen LogP contribution in [0.1, 0.15) is 34.1 Å². The van der Waals surface area contributed by atoms with Gasteiger partial charge in [-0.25, -0.2) is 4.79 Å². The molecule has 0 aromatic heterocycles. The van der Waals surface area contributed by atoms with Gasteiger partial charge in [-0.05, 0) is 46.7 Å². The van der Waals surface area contributed by atoms with Crippen LogP contribution in [0.5, 0.6) is 0 Å². The number of carbonyl (C=O) groups is 1. The first kappa shape index (κ1) is 17.3. The van der Waals surface area contributed by atoms with Crippen LogP contribution in [0.15, 0.2) is 11.6 Å². The molecule has 0 aliphatic rings. The zero-order valence-electron chi connectivity index (χ0n) is 12.2. The summed E-state index contributed by atoms with van der Waals surface area (Å²) in [4.78, 5) is 11.4. The number of ether oxygens (including phenoxy) is 1. The maximum Gasteiger partial charge on any atom is 0.335 e. The predicted molar refractivity (Wildman–Crippen MR) is 74.7 cm³/mol. The number of hydrogen-bond acceptors (Lipinski definition) is 4. The first-order valence-electron chi connectivity index (χ1n) is 6.57. The molecule has 0 saturated heterocycles. The fraction of sp³-hybridized carbons (Fsp3) is 0.769. The molecule has 0 bridgehead atoms. The zero-order chi connectivity index (χ0) is 14.0. The van der Waals surface area contributed by atoms with Crippen molar-refractivity contribution in [3.05, 3.63) is 11.6 Å². The van der Waals surface area contributed by atoms with Gasteiger partial charge in [-0.3, -0.25) is 0 Å². The van der Waals surface area contributed by atoms with E-state index in [0.29, 0.717) is 25.4 Å². The van der Waals surface area contributed by atoms with Crippen LogP contribution < -0.4 is 0 Å². The maximum absolute atomic E-state index is 11.4. The normalized spacial score (nSPS) is 12.6. The maximum atomic E-state index is 11.4. The van der Waals surface area contributed by atoms with Crippen LogP contribution in [0.3, 0.4) is 0 Å². The van der Waals surface area contributed by atoms with E-state index in [1.54, 1.807) is 13.0 Å². The van der Waals surface area contributed by atoms with Crippen molar-refractivity contribution in [1.82, 2.24) is 0 Å². The number of hydrogen-bond donors (Lipinski definition) is 0. The van der Waals surface area contributed by atoms with Gasteiger partial charge in [0.05, 0.1) is 6.61 Å². The molecule has 0 radical (unpaired) electrons. The van der Waals surface area contributed by atoms with E-state index in [-0.39, 0.29) is 5.97 Å². The minimum atomic E-state index is -2.06. The van der Waals surface area contributed by atoms with Gasteiger partial charge in [0.2, 0.25) is 0 Å². The molecule has 0 aromatic rings. The summed E-state index contributed by atoms with van der Waals surface area (Å²) in [6.45, 7) is 11.3. The van der Waals surface area contributed by atoms with Gasteiger partial charge in [-0.15, -0.1) is 0 Å². The lowest BCUT2D eigenvalue weighted by Gasteiger charge is -2.25. The Hall–Kier alpha value is -0.653. The van der Waals surface area contributed by atoms with E-state index in [1.807, 2.05) is 20.8 Å². The van der Waals surface area contributed by atoms with Crippen LogP contribution in [0.25, 0.3) is 0 Å². The van der Waals surface area contributed by atoms with Gasteiger partial charge in [-0.1, -0.05) is 6.08 Å². The van der Waals surface area contributed by atoms with Crippen molar-refractivity contribution < 1.29 is 18.4 Å². The number of rotatable bonds is 9. The molecule has 0 N–H and O–H groups in total. The Morgan fingerprint density at radius 2 is 1.78 bits per heavy atom. The van der Waals surface area contributed by atoms with Gasteiger partial charge in [0.25, 0.3) is 0 Å². The average Bonchev–Trinajstić information content (AvgIpc) is 2.34. The quantitative estimate of drug-likeness (QED) is 0.280. The SMILES string of the molecule is CC=C(C)C(=O)OCCC[Si](C)(OCC)OCC. The van der Waals surface area contributed by atoms with Crippen LogP contribution in [0, 0.1) is 0 Å². The molecule has 0 unspecified atom stereocenters. The lowest BCUT2D eigenvalue weighted by atomic mass is 10.3. The van der Waals surface area contributed by atoms with Crippen LogP contribution in [-0.4, -0.2) is 34.4 Å². The highest BCUT2D eigenvalue weighted by atomic mass is 28.4. The minimum absolute atomic E-state index is 0.242. The van der Waals surface area contributed by atoms with Crippen molar-refractivity contribution in [3.8, 4) is 0 Å². The van der Waals surface area contributed by atoms with Gasteiger partial charge in [0.1, 0.15) is 0 Å². The van der Waals surface area contributed by atoms with Crippen molar-refractivity contribution in [3.63, 3.8) is 0 Å². The Labute approximate surface area is 112 Å². The lowest BCUT2D eigenvalue weighted by molar-refractivity contribution is -0.139. The monoisotopic (exact) mass is 274 g/mol. The third-order valence-electron chi connectivity index (χ3n) is 2.66. The Bertz CT molecular complexity index is 270. The van der Waals surface area contributed by atoms with Crippen molar-refractivity contribution in [2.75, 3.05) is 19.8 Å². The van der Waals surface area contributed by atoms with E-state index >= 15 is 0 Å². The number of allylic oxidation sites excluding steroid dienone is 1. The summed E-state index contributed by atoms with van der Waals surface area (Å²) in [5.74, 6) is -0.242. The predicted octanol–water partition coefficient (Wildman–Crippen LogP) is 3.03. The molecule has 18 heavy (non-hydrogen) atoms. The first-order chi connectivity index (χ1) is 8.49. The smallest absolute Gasteiger partial charge is 0.335 e. The highest BCUT2D eigenvalue weighted by molar-refractivity contribution is 6.66. The van der Waals surface area contributed by atoms with Gasteiger partial charge in [0.15, 0.2) is 0 Å². The lowest BCUT2D eigenvalue weighted by Crippen LogP contribution is -2.38. The van der Waals surface area contributed by atoms with E-state index in [0.717, 1.165) is 12.5 Å². The molecule has 0 saturated carbocycles. The molecular weight excluding hydrogens is 248 g/mol. The van der Waals surface area contributed by atoms with E-state index in [4.69, 9.17) is 13.6 Å². The highest BCUT2D eigenvalue weighted by Crippen LogP contribution is 2.16. The molecule has 0 heterocycles. The molecular formula is C13H26O4Si. The Morgan fingerprint density at radius 3 is 2.22 bits per heavy atom. The molecule has 0 aromatic carbocycles. The fourth-order valence-electron chi connectivity index (χ4n) is 1.59. The van der Waals surface area contributed by atoms with Gasteiger partial charge in [-0.2, -0.15) is 0 Å². The molecule has 0 amide bonds. The van der Waals surface area contributed by atoms with Crippen LogP contribution >= 0.6 is 0 Å². The number of esters is 1. The van der Waals surface area contributed by atoms with Crippen molar-refractivity contribution >= 4 is 14.5 Å². The first-order valence-corrected chi connectivity index (χ1v) is 9.09. The second kappa shape index (κ2) is 9.30. The third-order valence-corrected chi connectivity index (χ3v) is 5.72. The molecule has 0 fully saturated rings. The van der Waals surface area contributed by atoms with Crippen LogP contribution in [0.2, 0.25) is 12.6 Å². The molecule has 0 aliphatic carbocycles. The largest absolute Gasteiger partial charge is 0.462 e. The molecule has 0 atom stereocenters. The zero-order valence-corrected chi connectivity index (χ0v) is 13.2. The third kappa shape index (κ3) is 6.93. The van der Waals surface area contributed by atoms with E-state index in [2.05, 4.69) is 6.55 Å². The molecule has 0 aliphatic heterocycles. The second-order valence-corrected chi connectivity index (χ2v) is 7.56. The summed E-state index contributed by atoms with van der Waals surface area (Å²) in [6, 6.07) is 0.844. The molecule has 4 nitrogen and oxygen atoms in total. The number of carbonyl (C=O) groups excluding carboxylic acids is 1. The molecule has 106 valence electrons. The Morgan fingerprint density at radius 1 is 1.22 bits per heavy atom. The summed E-state index contributed by atoms with van der Waals surface area (Å²) in [6.07, 6.45) is 2.53. The Balaban J connectivity index is 3.97. The topological polar surface area (TPSA) is 44.8 Å². The fourth-order valence-corrected chi connectivity index (χ4v) is 3.97. The van der Waals surface area contributed by atoms with E-state index in [1.165, 1.54) is 0 Å². The van der Waals surface area contributed by atoms with Crippen molar-refractivity contribution in [2.24, 2.45) is 0 Å². The summed E-state index contributed by atoms with van der Waals surface area (Å²) < 4.78 is 16.6. The minimum Gasteiger partial charge on any atom is -0.462 e. The molecule has 0 spiro atoms. The highest BCUT2D eigenvalue weighted by Gasteiger charge is 2.30. The second-order valence-electron chi connectivity index (χ2n) is 4.21. The van der Waals surface area contributed by atoms with Crippen LogP contribution in [-0.2, 0) is 18.4 Å². The van der Waals surface area contributed by atoms with Crippen LogP contribution in [0.4, 0.5) is 0 Å². The van der Waals surface area contributed by atoms with E-state index in [9.17, 15) is 4.79 Å². The summed E-state index contributed by atoms with van der Waals surface area (Å²) in [7, 11) is -2.06. The average molecular weight is 274 g/mol. The molecule has 5 heteroatoms. The van der Waals surface area contributed by atoms with Gasteiger partial charge >= 0.3 is 14.5 Å². The summed E-state index contributed by atoms with van der Waals surface area (Å²) >= 11 is 0.